The molecule has 1 amide bonds. The first kappa shape index (κ1) is 11.7. The van der Waals surface area contributed by atoms with Crippen LogP contribution in [0.3, 0.4) is 0 Å². The number of aromatic nitrogens is 1. The Balaban J connectivity index is 1.68. The quantitative estimate of drug-likeness (QED) is 0.807. The van der Waals surface area contributed by atoms with Gasteiger partial charge in [-0.3, -0.25) is 9.78 Å². The standard InChI is InChI=1S/C14H19N3O/c18-14(11-1-5-15-6-2-11)17-7-3-12-9-16-10-13(12)4-8-17/h1-2,5-6,12-13,16H,3-4,7-10H2/t12-,13+. The Morgan fingerprint density at radius 3 is 2.39 bits per heavy atom. The van der Waals surface area contributed by atoms with Crippen molar-refractivity contribution >= 4 is 5.91 Å². The molecule has 1 aromatic heterocycles. The molecule has 0 saturated carbocycles. The van der Waals surface area contributed by atoms with Crippen LogP contribution in [-0.2, 0) is 0 Å². The number of amides is 1. The average molecular weight is 245 g/mol. The molecule has 1 aromatic rings. The summed E-state index contributed by atoms with van der Waals surface area (Å²) in [6.45, 7) is 4.04. The Labute approximate surface area is 107 Å². The molecule has 3 rings (SSSR count). The van der Waals surface area contributed by atoms with E-state index in [4.69, 9.17) is 0 Å². The molecule has 96 valence electrons. The summed E-state index contributed by atoms with van der Waals surface area (Å²) in [6, 6.07) is 3.60. The van der Waals surface area contributed by atoms with Crippen molar-refractivity contribution in [3.8, 4) is 0 Å². The van der Waals surface area contributed by atoms with Crippen LogP contribution in [0.15, 0.2) is 24.5 Å². The van der Waals surface area contributed by atoms with Gasteiger partial charge in [-0.05, 0) is 49.9 Å². The molecule has 2 aliphatic heterocycles. The Morgan fingerprint density at radius 1 is 1.17 bits per heavy atom. The third kappa shape index (κ3) is 2.25. The number of nitrogens with one attached hydrogen (secondary N) is 1. The van der Waals surface area contributed by atoms with E-state index >= 15 is 0 Å². The predicted molar refractivity (Wildman–Crippen MR) is 69.2 cm³/mol. The monoisotopic (exact) mass is 245 g/mol. The maximum atomic E-state index is 12.4. The van der Waals surface area contributed by atoms with Gasteiger partial charge in [0.05, 0.1) is 0 Å². The van der Waals surface area contributed by atoms with Crippen molar-refractivity contribution in [2.45, 2.75) is 12.8 Å². The molecule has 4 nitrogen and oxygen atoms in total. The number of carbonyl (C=O) groups excluding carboxylic acids is 1. The first-order valence-electron chi connectivity index (χ1n) is 6.74. The lowest BCUT2D eigenvalue weighted by Crippen LogP contribution is -2.32. The summed E-state index contributed by atoms with van der Waals surface area (Å²) in [5.74, 6) is 1.69. The minimum atomic E-state index is 0.158. The molecule has 18 heavy (non-hydrogen) atoms. The van der Waals surface area contributed by atoms with Crippen LogP contribution in [0, 0.1) is 11.8 Å². The summed E-state index contributed by atoms with van der Waals surface area (Å²) >= 11 is 0. The lowest BCUT2D eigenvalue weighted by Gasteiger charge is -2.20. The number of likely N-dealkylation sites (tertiary alicyclic amines) is 1. The number of pyridine rings is 1. The van der Waals surface area contributed by atoms with Crippen molar-refractivity contribution in [3.05, 3.63) is 30.1 Å². The second-order valence-electron chi connectivity index (χ2n) is 5.28. The summed E-state index contributed by atoms with van der Waals surface area (Å²) < 4.78 is 0. The van der Waals surface area contributed by atoms with E-state index in [9.17, 15) is 4.79 Å². The molecule has 2 saturated heterocycles. The molecule has 0 spiro atoms. The minimum Gasteiger partial charge on any atom is -0.339 e. The maximum absolute atomic E-state index is 12.4. The fraction of sp³-hybridized carbons (Fsp3) is 0.571. The second kappa shape index (κ2) is 5.06. The van der Waals surface area contributed by atoms with Crippen molar-refractivity contribution in [1.29, 1.82) is 0 Å². The Bertz CT molecular complexity index is 406. The molecular weight excluding hydrogens is 226 g/mol. The topological polar surface area (TPSA) is 45.2 Å². The third-order valence-electron chi connectivity index (χ3n) is 4.23. The van der Waals surface area contributed by atoms with E-state index in [1.165, 1.54) is 0 Å². The van der Waals surface area contributed by atoms with Crippen LogP contribution in [0.25, 0.3) is 0 Å². The molecule has 3 heterocycles. The Hall–Kier alpha value is -1.42. The Morgan fingerprint density at radius 2 is 1.78 bits per heavy atom. The zero-order valence-electron chi connectivity index (χ0n) is 10.5. The minimum absolute atomic E-state index is 0.158. The lowest BCUT2D eigenvalue weighted by molar-refractivity contribution is 0.0758. The highest BCUT2D eigenvalue weighted by Gasteiger charge is 2.31. The molecule has 0 aliphatic carbocycles. The van der Waals surface area contributed by atoms with Crippen molar-refractivity contribution in [2.75, 3.05) is 26.2 Å². The first-order valence-corrected chi connectivity index (χ1v) is 6.74. The highest BCUT2D eigenvalue weighted by atomic mass is 16.2. The third-order valence-corrected chi connectivity index (χ3v) is 4.23. The van der Waals surface area contributed by atoms with E-state index in [0.717, 1.165) is 56.4 Å². The Kier molecular flexibility index (Phi) is 3.28. The summed E-state index contributed by atoms with van der Waals surface area (Å²) in [5.41, 5.74) is 0.759. The fourth-order valence-corrected chi connectivity index (χ4v) is 3.10. The van der Waals surface area contributed by atoms with Gasteiger partial charge in [-0.1, -0.05) is 0 Å². The fourth-order valence-electron chi connectivity index (χ4n) is 3.10. The maximum Gasteiger partial charge on any atom is 0.253 e. The van der Waals surface area contributed by atoms with E-state index < -0.39 is 0 Å². The second-order valence-corrected chi connectivity index (χ2v) is 5.28. The van der Waals surface area contributed by atoms with Crippen LogP contribution < -0.4 is 5.32 Å². The van der Waals surface area contributed by atoms with Crippen LogP contribution in [0.5, 0.6) is 0 Å². The van der Waals surface area contributed by atoms with E-state index in [-0.39, 0.29) is 5.91 Å². The van der Waals surface area contributed by atoms with E-state index in [1.807, 2.05) is 4.90 Å². The average Bonchev–Trinajstić information content (AvgIpc) is 2.78. The van der Waals surface area contributed by atoms with Gasteiger partial charge in [0.25, 0.3) is 5.91 Å². The zero-order chi connectivity index (χ0) is 12.4. The van der Waals surface area contributed by atoms with Gasteiger partial charge in [-0.15, -0.1) is 0 Å². The van der Waals surface area contributed by atoms with E-state index in [2.05, 4.69) is 10.3 Å². The molecule has 0 unspecified atom stereocenters. The van der Waals surface area contributed by atoms with Crippen LogP contribution in [-0.4, -0.2) is 42.0 Å². The molecule has 2 atom stereocenters. The van der Waals surface area contributed by atoms with Gasteiger partial charge in [0.15, 0.2) is 0 Å². The summed E-state index contributed by atoms with van der Waals surface area (Å²) in [5, 5.41) is 3.46. The highest BCUT2D eigenvalue weighted by molar-refractivity contribution is 5.94. The molecule has 2 fully saturated rings. The molecule has 1 N–H and O–H groups in total. The molecule has 0 aromatic carbocycles. The summed E-state index contributed by atoms with van der Waals surface area (Å²) in [6.07, 6.45) is 5.64. The number of nitrogens with zero attached hydrogens (tertiary/aromatic N) is 2. The van der Waals surface area contributed by atoms with E-state index in [0.29, 0.717) is 0 Å². The van der Waals surface area contributed by atoms with E-state index in [1.54, 1.807) is 24.5 Å². The molecule has 2 aliphatic rings. The SMILES string of the molecule is O=C(c1ccncc1)N1CC[C@@H]2CNC[C@@H]2CC1. The van der Waals surface area contributed by atoms with Crippen molar-refractivity contribution < 1.29 is 4.79 Å². The van der Waals surface area contributed by atoms with Gasteiger partial charge in [0, 0.05) is 31.0 Å². The number of carbonyl (C=O) groups is 1. The van der Waals surface area contributed by atoms with Crippen LogP contribution >= 0.6 is 0 Å². The smallest absolute Gasteiger partial charge is 0.253 e. The molecule has 0 radical (unpaired) electrons. The molecular formula is C14H19N3O. The predicted octanol–water partition coefficient (Wildman–Crippen LogP) is 1.15. The first-order chi connectivity index (χ1) is 8.84. The van der Waals surface area contributed by atoms with Gasteiger partial charge in [0.2, 0.25) is 0 Å². The summed E-state index contributed by atoms with van der Waals surface area (Å²) in [7, 11) is 0. The van der Waals surface area contributed by atoms with Gasteiger partial charge in [0.1, 0.15) is 0 Å². The zero-order valence-corrected chi connectivity index (χ0v) is 10.5. The normalized spacial score (nSPS) is 27.7. The van der Waals surface area contributed by atoms with Gasteiger partial charge in [-0.2, -0.15) is 0 Å². The van der Waals surface area contributed by atoms with Gasteiger partial charge in [-0.25, -0.2) is 0 Å². The number of fused-ring (bicyclic) bond motifs is 1. The lowest BCUT2D eigenvalue weighted by atomic mass is 9.92. The van der Waals surface area contributed by atoms with Crippen molar-refractivity contribution in [2.24, 2.45) is 11.8 Å². The highest BCUT2D eigenvalue weighted by Crippen LogP contribution is 2.27. The number of rotatable bonds is 1. The van der Waals surface area contributed by atoms with Crippen molar-refractivity contribution in [1.82, 2.24) is 15.2 Å². The van der Waals surface area contributed by atoms with Crippen LogP contribution in [0.2, 0.25) is 0 Å². The van der Waals surface area contributed by atoms with Crippen LogP contribution in [0.1, 0.15) is 23.2 Å². The number of hydrogen-bond acceptors (Lipinski definition) is 3. The van der Waals surface area contributed by atoms with Gasteiger partial charge >= 0.3 is 0 Å². The molecule has 4 heteroatoms. The summed E-state index contributed by atoms with van der Waals surface area (Å²) in [4.78, 5) is 18.3. The van der Waals surface area contributed by atoms with Gasteiger partial charge < -0.3 is 10.2 Å². The number of hydrogen-bond donors (Lipinski definition) is 1. The van der Waals surface area contributed by atoms with Crippen molar-refractivity contribution in [3.63, 3.8) is 0 Å². The largest absolute Gasteiger partial charge is 0.339 e. The molecule has 0 bridgehead atoms. The van der Waals surface area contributed by atoms with Crippen LogP contribution in [0.4, 0.5) is 0 Å².